The maximum Gasteiger partial charge on any atom is 0.178 e. The minimum absolute atomic E-state index is 0.0717. The summed E-state index contributed by atoms with van der Waals surface area (Å²) in [7, 11) is 0. The molecular weight excluding hydrogens is 322 g/mol. The second kappa shape index (κ2) is 6.72. The summed E-state index contributed by atoms with van der Waals surface area (Å²) in [5.74, 6) is -0.0717. The number of hydrogen-bond acceptors (Lipinski definition) is 6. The standard InChI is InChI=1S/C18H15N3O2S/c1-11-15(10-21-23)18(13-3-6-19-7-4-13)24-17(11)14-5-8-20-16(9-14)12(2)22/h3-10,23H,1-2H3. The van der Waals surface area contributed by atoms with Crippen molar-refractivity contribution in [3.05, 3.63) is 59.7 Å². The fourth-order valence-electron chi connectivity index (χ4n) is 2.50. The normalized spacial score (nSPS) is 11.1. The number of ketones is 1. The fraction of sp³-hybridized carbons (Fsp3) is 0.111. The van der Waals surface area contributed by atoms with Crippen molar-refractivity contribution in [2.75, 3.05) is 0 Å². The molecule has 0 saturated carbocycles. The molecule has 3 aromatic heterocycles. The van der Waals surface area contributed by atoms with Gasteiger partial charge in [-0.05, 0) is 47.9 Å². The summed E-state index contributed by atoms with van der Waals surface area (Å²) < 4.78 is 0. The predicted molar refractivity (Wildman–Crippen MR) is 94.9 cm³/mol. The van der Waals surface area contributed by atoms with Crippen LogP contribution in [0.25, 0.3) is 20.9 Å². The number of carbonyl (C=O) groups excluding carboxylic acids is 1. The Morgan fingerprint density at radius 3 is 2.54 bits per heavy atom. The van der Waals surface area contributed by atoms with Crippen LogP contribution < -0.4 is 0 Å². The molecule has 5 nitrogen and oxygen atoms in total. The molecule has 120 valence electrons. The van der Waals surface area contributed by atoms with Gasteiger partial charge in [-0.2, -0.15) is 0 Å². The van der Waals surface area contributed by atoms with E-state index in [9.17, 15) is 4.79 Å². The van der Waals surface area contributed by atoms with Gasteiger partial charge in [-0.1, -0.05) is 5.16 Å². The average molecular weight is 337 g/mol. The molecule has 3 rings (SSSR count). The molecule has 3 heterocycles. The summed E-state index contributed by atoms with van der Waals surface area (Å²) in [6, 6.07) is 7.49. The Bertz CT molecular complexity index is 917. The predicted octanol–water partition coefficient (Wildman–Crippen LogP) is 4.19. The zero-order chi connectivity index (χ0) is 17.1. The summed E-state index contributed by atoms with van der Waals surface area (Å²) in [5, 5.41) is 12.2. The van der Waals surface area contributed by atoms with E-state index in [1.807, 2.05) is 25.1 Å². The number of thiophene rings is 1. The molecule has 0 spiro atoms. The Labute approximate surface area is 143 Å². The van der Waals surface area contributed by atoms with Crippen molar-refractivity contribution in [1.82, 2.24) is 9.97 Å². The molecule has 0 aliphatic heterocycles. The topological polar surface area (TPSA) is 75.4 Å². The van der Waals surface area contributed by atoms with E-state index in [2.05, 4.69) is 15.1 Å². The van der Waals surface area contributed by atoms with Crippen LogP contribution in [0, 0.1) is 6.92 Å². The highest BCUT2D eigenvalue weighted by Crippen LogP contribution is 2.41. The van der Waals surface area contributed by atoms with Crippen LogP contribution in [0.1, 0.15) is 28.5 Å². The van der Waals surface area contributed by atoms with Gasteiger partial charge in [-0.25, -0.2) is 0 Å². The Morgan fingerprint density at radius 2 is 1.88 bits per heavy atom. The van der Waals surface area contributed by atoms with Gasteiger partial charge in [-0.3, -0.25) is 14.8 Å². The minimum Gasteiger partial charge on any atom is -0.411 e. The maximum atomic E-state index is 11.6. The van der Waals surface area contributed by atoms with Crippen molar-refractivity contribution in [3.63, 3.8) is 0 Å². The maximum absolute atomic E-state index is 11.6. The molecule has 0 unspecified atom stereocenters. The number of rotatable bonds is 4. The van der Waals surface area contributed by atoms with Gasteiger partial charge in [0.2, 0.25) is 0 Å². The molecule has 0 aromatic carbocycles. The van der Waals surface area contributed by atoms with Crippen LogP contribution in [0.5, 0.6) is 0 Å². The first kappa shape index (κ1) is 16.0. The highest BCUT2D eigenvalue weighted by atomic mass is 32.1. The van der Waals surface area contributed by atoms with E-state index in [0.29, 0.717) is 5.69 Å². The monoisotopic (exact) mass is 337 g/mol. The Balaban J connectivity index is 2.20. The van der Waals surface area contributed by atoms with Gasteiger partial charge in [0.05, 0.1) is 6.21 Å². The summed E-state index contributed by atoms with van der Waals surface area (Å²) in [5.41, 5.74) is 4.20. The van der Waals surface area contributed by atoms with E-state index in [1.54, 1.807) is 36.0 Å². The smallest absolute Gasteiger partial charge is 0.178 e. The van der Waals surface area contributed by atoms with E-state index in [0.717, 1.165) is 32.0 Å². The molecule has 6 heteroatoms. The number of aromatic nitrogens is 2. The van der Waals surface area contributed by atoms with Crippen molar-refractivity contribution >= 4 is 23.3 Å². The van der Waals surface area contributed by atoms with Gasteiger partial charge >= 0.3 is 0 Å². The fourth-order valence-corrected chi connectivity index (χ4v) is 3.78. The minimum atomic E-state index is -0.0717. The van der Waals surface area contributed by atoms with Crippen molar-refractivity contribution in [2.24, 2.45) is 5.16 Å². The highest BCUT2D eigenvalue weighted by Gasteiger charge is 2.17. The Hall–Kier alpha value is -2.86. The van der Waals surface area contributed by atoms with E-state index >= 15 is 0 Å². The summed E-state index contributed by atoms with van der Waals surface area (Å²) in [4.78, 5) is 21.7. The van der Waals surface area contributed by atoms with E-state index < -0.39 is 0 Å². The highest BCUT2D eigenvalue weighted by molar-refractivity contribution is 7.19. The zero-order valence-corrected chi connectivity index (χ0v) is 14.0. The second-order valence-electron chi connectivity index (χ2n) is 5.27. The Kier molecular flexibility index (Phi) is 4.48. The number of oxime groups is 1. The van der Waals surface area contributed by atoms with Gasteiger partial charge in [0, 0.05) is 40.8 Å². The molecule has 0 radical (unpaired) electrons. The molecule has 0 amide bonds. The lowest BCUT2D eigenvalue weighted by atomic mass is 10.0. The molecule has 0 saturated heterocycles. The molecule has 0 fully saturated rings. The molecule has 1 N–H and O–H groups in total. The van der Waals surface area contributed by atoms with E-state index in [-0.39, 0.29) is 5.78 Å². The number of Topliss-reactive ketones (excluding diaryl/α,β-unsaturated/α-hetero) is 1. The third-order valence-corrected chi connectivity index (χ3v) is 5.11. The van der Waals surface area contributed by atoms with Gasteiger partial charge in [0.1, 0.15) is 5.69 Å². The van der Waals surface area contributed by atoms with Gasteiger partial charge < -0.3 is 5.21 Å². The molecule has 24 heavy (non-hydrogen) atoms. The second-order valence-corrected chi connectivity index (χ2v) is 6.29. The lowest BCUT2D eigenvalue weighted by Crippen LogP contribution is -1.96. The molecular formula is C18H15N3O2S. The first-order valence-corrected chi connectivity index (χ1v) is 8.12. The lowest BCUT2D eigenvalue weighted by Gasteiger charge is -2.02. The van der Waals surface area contributed by atoms with Crippen molar-refractivity contribution in [1.29, 1.82) is 0 Å². The lowest BCUT2D eigenvalue weighted by molar-refractivity contribution is 0.101. The molecule has 0 aliphatic rings. The summed E-state index contributed by atoms with van der Waals surface area (Å²) in [6.07, 6.45) is 6.53. The third kappa shape index (κ3) is 2.96. The van der Waals surface area contributed by atoms with Crippen molar-refractivity contribution < 1.29 is 10.0 Å². The summed E-state index contributed by atoms with van der Waals surface area (Å²) in [6.45, 7) is 3.47. The van der Waals surface area contributed by atoms with Crippen LogP contribution in [-0.2, 0) is 0 Å². The SMILES string of the molecule is CC(=O)c1cc(-c2sc(-c3ccncc3)c(C=NO)c2C)ccn1. The van der Waals surface area contributed by atoms with Gasteiger partial charge in [-0.15, -0.1) is 11.3 Å². The first-order chi connectivity index (χ1) is 11.6. The van der Waals surface area contributed by atoms with Gasteiger partial charge in [0.15, 0.2) is 5.78 Å². The van der Waals surface area contributed by atoms with Crippen molar-refractivity contribution in [2.45, 2.75) is 13.8 Å². The number of pyridine rings is 2. The largest absolute Gasteiger partial charge is 0.411 e. The molecule has 3 aromatic rings. The van der Waals surface area contributed by atoms with E-state index in [4.69, 9.17) is 5.21 Å². The average Bonchev–Trinajstić information content (AvgIpc) is 2.93. The zero-order valence-electron chi connectivity index (χ0n) is 13.2. The third-order valence-electron chi connectivity index (χ3n) is 3.71. The van der Waals surface area contributed by atoms with Crippen LogP contribution in [0.15, 0.2) is 48.0 Å². The first-order valence-electron chi connectivity index (χ1n) is 7.30. The number of carbonyl (C=O) groups is 1. The van der Waals surface area contributed by atoms with Crippen LogP contribution >= 0.6 is 11.3 Å². The summed E-state index contributed by atoms with van der Waals surface area (Å²) >= 11 is 1.58. The number of nitrogens with zero attached hydrogens (tertiary/aromatic N) is 3. The number of hydrogen-bond donors (Lipinski definition) is 1. The molecule has 0 bridgehead atoms. The van der Waals surface area contributed by atoms with Crippen LogP contribution in [0.2, 0.25) is 0 Å². The van der Waals surface area contributed by atoms with Crippen molar-refractivity contribution in [3.8, 4) is 20.9 Å². The molecule has 0 atom stereocenters. The van der Waals surface area contributed by atoms with E-state index in [1.165, 1.54) is 13.1 Å². The van der Waals surface area contributed by atoms with Gasteiger partial charge in [0.25, 0.3) is 0 Å². The Morgan fingerprint density at radius 1 is 1.17 bits per heavy atom. The quantitative estimate of drug-likeness (QED) is 0.335. The molecule has 0 aliphatic carbocycles. The van der Waals surface area contributed by atoms with Crippen LogP contribution in [-0.4, -0.2) is 27.2 Å². The van der Waals surface area contributed by atoms with Crippen LogP contribution in [0.4, 0.5) is 0 Å². The van der Waals surface area contributed by atoms with Crippen LogP contribution in [0.3, 0.4) is 0 Å².